The normalized spacial score (nSPS) is 21.2. The molecular weight excluding hydrogens is 230 g/mol. The Morgan fingerprint density at radius 3 is 2.72 bits per heavy atom. The van der Waals surface area contributed by atoms with Crippen molar-refractivity contribution in [1.29, 1.82) is 0 Å². The lowest BCUT2D eigenvalue weighted by Crippen LogP contribution is -2.44. The highest BCUT2D eigenvalue weighted by Crippen LogP contribution is 2.43. The van der Waals surface area contributed by atoms with Gasteiger partial charge in [0.1, 0.15) is 5.82 Å². The number of aromatic nitrogens is 2. The van der Waals surface area contributed by atoms with Crippen LogP contribution < -0.4 is 5.73 Å². The van der Waals surface area contributed by atoms with Crippen molar-refractivity contribution in [3.63, 3.8) is 0 Å². The predicted molar refractivity (Wildman–Crippen MR) is 66.7 cm³/mol. The van der Waals surface area contributed by atoms with Crippen molar-refractivity contribution in [3.05, 3.63) is 17.2 Å². The number of aromatic carboxylic acids is 1. The first-order valence-corrected chi connectivity index (χ1v) is 6.71. The number of nitrogens with two attached hydrogens (primary N) is 1. The van der Waals surface area contributed by atoms with Crippen LogP contribution in [0.5, 0.6) is 0 Å². The van der Waals surface area contributed by atoms with Crippen LogP contribution in [0.1, 0.15) is 54.1 Å². The highest BCUT2D eigenvalue weighted by atomic mass is 16.4. The predicted octanol–water partition coefficient (Wildman–Crippen LogP) is 1.30. The van der Waals surface area contributed by atoms with E-state index in [9.17, 15) is 9.90 Å². The summed E-state index contributed by atoms with van der Waals surface area (Å²) in [5.41, 5.74) is 7.02. The van der Waals surface area contributed by atoms with E-state index in [2.05, 4.69) is 9.55 Å². The molecule has 1 aromatic heterocycles. The smallest absolute Gasteiger partial charge is 0.356 e. The Hall–Kier alpha value is -1.36. The standard InChI is InChI=1S/C13H19N3O2/c14-8-13(5-3-6-13)12-15-10(11(17)18)9-4-1-2-7-16(9)12/h1-8,14H2,(H,17,18). The van der Waals surface area contributed by atoms with Gasteiger partial charge in [-0.2, -0.15) is 0 Å². The number of carbonyl (C=O) groups is 1. The number of carboxylic acid groups (broad SMARTS) is 1. The summed E-state index contributed by atoms with van der Waals surface area (Å²) in [6.07, 6.45) is 6.24. The van der Waals surface area contributed by atoms with Gasteiger partial charge in [-0.25, -0.2) is 9.78 Å². The topological polar surface area (TPSA) is 81.1 Å². The summed E-state index contributed by atoms with van der Waals surface area (Å²) < 4.78 is 2.14. The van der Waals surface area contributed by atoms with Crippen LogP contribution in [0, 0.1) is 0 Å². The summed E-state index contributed by atoms with van der Waals surface area (Å²) in [4.78, 5) is 15.7. The van der Waals surface area contributed by atoms with Crippen molar-refractivity contribution in [1.82, 2.24) is 9.55 Å². The lowest BCUT2D eigenvalue weighted by atomic mass is 9.68. The molecule has 0 spiro atoms. The summed E-state index contributed by atoms with van der Waals surface area (Å²) in [7, 11) is 0. The van der Waals surface area contributed by atoms with Crippen LogP contribution in [0.25, 0.3) is 0 Å². The van der Waals surface area contributed by atoms with E-state index in [1.807, 2.05) is 0 Å². The first-order chi connectivity index (χ1) is 8.68. The van der Waals surface area contributed by atoms with Gasteiger partial charge in [0.25, 0.3) is 0 Å². The maximum absolute atomic E-state index is 11.3. The van der Waals surface area contributed by atoms with E-state index in [1.165, 1.54) is 6.42 Å². The summed E-state index contributed by atoms with van der Waals surface area (Å²) in [5, 5.41) is 9.28. The SMILES string of the molecule is NCC1(c2nc(C(=O)O)c3n2CCCC3)CCC1. The molecule has 0 unspecified atom stereocenters. The molecule has 1 aromatic rings. The van der Waals surface area contributed by atoms with Crippen LogP contribution in [0.4, 0.5) is 0 Å². The fourth-order valence-electron chi connectivity index (χ4n) is 3.24. The number of carboxylic acids is 1. The zero-order valence-electron chi connectivity index (χ0n) is 10.5. The Morgan fingerprint density at radius 1 is 1.39 bits per heavy atom. The molecule has 1 fully saturated rings. The van der Waals surface area contributed by atoms with Crippen molar-refractivity contribution in [3.8, 4) is 0 Å². The van der Waals surface area contributed by atoms with Gasteiger partial charge in [-0.3, -0.25) is 0 Å². The molecule has 5 nitrogen and oxygen atoms in total. The monoisotopic (exact) mass is 249 g/mol. The molecule has 98 valence electrons. The van der Waals surface area contributed by atoms with Gasteiger partial charge >= 0.3 is 5.97 Å². The lowest BCUT2D eigenvalue weighted by Gasteiger charge is -2.40. The molecule has 1 aliphatic carbocycles. The van der Waals surface area contributed by atoms with Crippen molar-refractivity contribution in [2.75, 3.05) is 6.54 Å². The van der Waals surface area contributed by atoms with Crippen LogP contribution in [0.15, 0.2) is 0 Å². The molecule has 0 bridgehead atoms. The summed E-state index contributed by atoms with van der Waals surface area (Å²) in [5.74, 6) is 0.0294. The van der Waals surface area contributed by atoms with Crippen LogP contribution in [-0.2, 0) is 18.4 Å². The maximum Gasteiger partial charge on any atom is 0.356 e. The molecule has 0 radical (unpaired) electrons. The van der Waals surface area contributed by atoms with Crippen molar-refractivity contribution in [2.45, 2.75) is 50.5 Å². The molecule has 2 aliphatic rings. The van der Waals surface area contributed by atoms with Gasteiger partial charge in [-0.05, 0) is 32.1 Å². The molecule has 0 aromatic carbocycles. The third kappa shape index (κ3) is 1.50. The van der Waals surface area contributed by atoms with Gasteiger partial charge in [-0.15, -0.1) is 0 Å². The minimum Gasteiger partial charge on any atom is -0.476 e. The van der Waals surface area contributed by atoms with E-state index >= 15 is 0 Å². The van der Waals surface area contributed by atoms with Crippen molar-refractivity contribution in [2.24, 2.45) is 5.73 Å². The molecule has 0 amide bonds. The molecule has 5 heteroatoms. The lowest BCUT2D eigenvalue weighted by molar-refractivity contribution is 0.0689. The number of imidazole rings is 1. The van der Waals surface area contributed by atoms with E-state index in [-0.39, 0.29) is 11.1 Å². The third-order valence-electron chi connectivity index (χ3n) is 4.50. The number of rotatable bonds is 3. The third-order valence-corrected chi connectivity index (χ3v) is 4.50. The maximum atomic E-state index is 11.3. The van der Waals surface area contributed by atoms with Crippen LogP contribution in [0.3, 0.4) is 0 Å². The fourth-order valence-corrected chi connectivity index (χ4v) is 3.24. The van der Waals surface area contributed by atoms with Gasteiger partial charge in [-0.1, -0.05) is 6.42 Å². The number of hydrogen-bond acceptors (Lipinski definition) is 3. The van der Waals surface area contributed by atoms with Crippen molar-refractivity contribution >= 4 is 5.97 Å². The number of nitrogens with zero attached hydrogens (tertiary/aromatic N) is 2. The minimum absolute atomic E-state index is 0.0558. The first-order valence-electron chi connectivity index (χ1n) is 6.71. The molecule has 2 heterocycles. The van der Waals surface area contributed by atoms with Gasteiger partial charge in [0.15, 0.2) is 5.69 Å². The molecule has 18 heavy (non-hydrogen) atoms. The number of hydrogen-bond donors (Lipinski definition) is 2. The average molecular weight is 249 g/mol. The Bertz CT molecular complexity index is 483. The highest BCUT2D eigenvalue weighted by Gasteiger charge is 2.43. The molecule has 0 saturated heterocycles. The fraction of sp³-hybridized carbons (Fsp3) is 0.692. The Balaban J connectivity index is 2.12. The van der Waals surface area contributed by atoms with Gasteiger partial charge in [0.05, 0.1) is 5.69 Å². The van der Waals surface area contributed by atoms with Gasteiger partial charge < -0.3 is 15.4 Å². The first kappa shape index (κ1) is 11.7. The number of fused-ring (bicyclic) bond motifs is 1. The van der Waals surface area contributed by atoms with Gasteiger partial charge in [0.2, 0.25) is 0 Å². The summed E-state index contributed by atoms with van der Waals surface area (Å²) in [6, 6.07) is 0. The quantitative estimate of drug-likeness (QED) is 0.846. The van der Waals surface area contributed by atoms with E-state index in [4.69, 9.17) is 5.73 Å². The van der Waals surface area contributed by atoms with E-state index in [1.54, 1.807) is 0 Å². The Labute approximate surface area is 106 Å². The van der Waals surface area contributed by atoms with Crippen LogP contribution >= 0.6 is 0 Å². The van der Waals surface area contributed by atoms with Gasteiger partial charge in [0, 0.05) is 18.5 Å². The van der Waals surface area contributed by atoms with E-state index in [0.717, 1.165) is 50.2 Å². The Kier molecular flexibility index (Phi) is 2.66. The van der Waals surface area contributed by atoms with Crippen molar-refractivity contribution < 1.29 is 9.90 Å². The summed E-state index contributed by atoms with van der Waals surface area (Å²) in [6.45, 7) is 1.47. The highest BCUT2D eigenvalue weighted by molar-refractivity contribution is 5.87. The minimum atomic E-state index is -0.904. The second-order valence-corrected chi connectivity index (χ2v) is 5.48. The Morgan fingerprint density at radius 2 is 2.17 bits per heavy atom. The summed E-state index contributed by atoms with van der Waals surface area (Å²) >= 11 is 0. The molecule has 1 saturated carbocycles. The molecular formula is C13H19N3O2. The average Bonchev–Trinajstić information content (AvgIpc) is 2.69. The van der Waals surface area contributed by atoms with E-state index < -0.39 is 5.97 Å². The largest absolute Gasteiger partial charge is 0.476 e. The second-order valence-electron chi connectivity index (χ2n) is 5.48. The molecule has 1 aliphatic heterocycles. The molecule has 0 atom stereocenters. The zero-order valence-corrected chi connectivity index (χ0v) is 10.5. The molecule has 3 rings (SSSR count). The second kappa shape index (κ2) is 4.09. The molecule has 3 N–H and O–H groups in total. The zero-order chi connectivity index (χ0) is 12.8. The van der Waals surface area contributed by atoms with Crippen LogP contribution in [-0.4, -0.2) is 27.2 Å². The van der Waals surface area contributed by atoms with E-state index in [0.29, 0.717) is 6.54 Å². The van der Waals surface area contributed by atoms with Crippen LogP contribution in [0.2, 0.25) is 0 Å².